The normalized spacial score (nSPS) is 13.0. The molecule has 0 bridgehead atoms. The molecule has 29 heavy (non-hydrogen) atoms. The molecule has 0 saturated heterocycles. The first-order valence-electron chi connectivity index (χ1n) is 8.57. The van der Waals surface area contributed by atoms with Crippen molar-refractivity contribution in [1.29, 1.82) is 0 Å². The number of carbonyl (C=O) groups excluding carboxylic acids is 3. The Morgan fingerprint density at radius 1 is 1.17 bits per heavy atom. The fourth-order valence-corrected chi connectivity index (χ4v) is 2.78. The second-order valence-electron chi connectivity index (χ2n) is 6.16. The van der Waals surface area contributed by atoms with Crippen molar-refractivity contribution in [2.24, 2.45) is 0 Å². The van der Waals surface area contributed by atoms with Crippen molar-refractivity contribution in [2.45, 2.75) is 6.42 Å². The number of benzene rings is 2. The number of methoxy groups -OCH3 is 1. The van der Waals surface area contributed by atoms with Crippen molar-refractivity contribution < 1.29 is 27.9 Å². The highest BCUT2D eigenvalue weighted by Crippen LogP contribution is 2.30. The Morgan fingerprint density at radius 3 is 2.69 bits per heavy atom. The van der Waals surface area contributed by atoms with Crippen LogP contribution in [0.15, 0.2) is 54.2 Å². The van der Waals surface area contributed by atoms with E-state index in [1.54, 1.807) is 24.3 Å². The van der Waals surface area contributed by atoms with E-state index in [4.69, 9.17) is 0 Å². The maximum Gasteiger partial charge on any atom is 0.311 e. The van der Waals surface area contributed by atoms with Gasteiger partial charge in [0.15, 0.2) is 0 Å². The summed E-state index contributed by atoms with van der Waals surface area (Å²) in [7, 11) is 1.23. The number of hydrogen-bond donors (Lipinski definition) is 2. The monoisotopic (exact) mass is 401 g/mol. The van der Waals surface area contributed by atoms with E-state index in [-0.39, 0.29) is 12.1 Å². The lowest BCUT2D eigenvalue weighted by molar-refractivity contribution is -0.139. The third-order valence-corrected chi connectivity index (χ3v) is 4.12. The molecule has 0 aromatic heterocycles. The molecule has 9 heteroatoms. The molecule has 2 aromatic carbocycles. The number of hydrogen-bond acceptors (Lipinski definition) is 5. The number of esters is 1. The number of halogens is 2. The Labute approximate surface area is 165 Å². The van der Waals surface area contributed by atoms with E-state index in [0.29, 0.717) is 17.1 Å². The molecule has 3 rings (SSSR count). The summed E-state index contributed by atoms with van der Waals surface area (Å²) in [4.78, 5) is 37.9. The molecule has 1 aliphatic heterocycles. The first kappa shape index (κ1) is 20.0. The quantitative estimate of drug-likeness (QED) is 0.753. The predicted molar refractivity (Wildman–Crippen MR) is 102 cm³/mol. The van der Waals surface area contributed by atoms with Gasteiger partial charge in [-0.1, -0.05) is 12.1 Å². The topological polar surface area (TPSA) is 87.7 Å². The summed E-state index contributed by atoms with van der Waals surface area (Å²) in [5, 5.41) is 5.24. The van der Waals surface area contributed by atoms with Gasteiger partial charge in [0.2, 0.25) is 5.91 Å². The van der Waals surface area contributed by atoms with Crippen molar-refractivity contribution >= 4 is 34.8 Å². The molecule has 0 atom stereocenters. The van der Waals surface area contributed by atoms with Crippen LogP contribution in [0.5, 0.6) is 0 Å². The third kappa shape index (κ3) is 4.75. The van der Waals surface area contributed by atoms with Gasteiger partial charge in [-0.15, -0.1) is 0 Å². The van der Waals surface area contributed by atoms with Crippen LogP contribution < -0.4 is 15.5 Å². The lowest BCUT2D eigenvalue weighted by Crippen LogP contribution is -2.37. The van der Waals surface area contributed by atoms with Crippen molar-refractivity contribution in [3.63, 3.8) is 0 Å². The standard InChI is InChI=1S/C20H17F2N3O4/c1-29-20(28)10-13-9-19(27)25(17-5-3-2-4-15(17)23-13)11-18(26)24-16-8-12(21)6-7-14(16)22/h2-9,23H,10-11H2,1H3,(H,24,26). The summed E-state index contributed by atoms with van der Waals surface area (Å²) in [6.07, 6.45) is 1.03. The minimum absolute atomic E-state index is 0.162. The van der Waals surface area contributed by atoms with E-state index < -0.39 is 36.0 Å². The van der Waals surface area contributed by atoms with E-state index >= 15 is 0 Å². The lowest BCUT2D eigenvalue weighted by Gasteiger charge is -2.21. The average molecular weight is 401 g/mol. The van der Waals surface area contributed by atoms with Crippen LogP contribution in [-0.4, -0.2) is 31.4 Å². The first-order chi connectivity index (χ1) is 13.9. The van der Waals surface area contributed by atoms with Crippen LogP contribution in [-0.2, 0) is 19.1 Å². The van der Waals surface area contributed by atoms with Crippen molar-refractivity contribution in [3.8, 4) is 0 Å². The van der Waals surface area contributed by atoms with Gasteiger partial charge < -0.3 is 15.4 Å². The highest BCUT2D eigenvalue weighted by molar-refractivity contribution is 6.10. The summed E-state index contributed by atoms with van der Waals surface area (Å²) < 4.78 is 31.7. The number of anilines is 3. The second kappa shape index (κ2) is 8.51. The minimum atomic E-state index is -0.802. The highest BCUT2D eigenvalue weighted by atomic mass is 19.1. The van der Waals surface area contributed by atoms with Gasteiger partial charge in [0.25, 0.3) is 5.91 Å². The second-order valence-corrected chi connectivity index (χ2v) is 6.16. The Kier molecular flexibility index (Phi) is 5.87. The summed E-state index contributed by atoms with van der Waals surface area (Å²) in [5.74, 6) is -3.33. The number of carbonyl (C=O) groups is 3. The first-order valence-corrected chi connectivity index (χ1v) is 8.57. The van der Waals surface area contributed by atoms with Crippen LogP contribution in [0.2, 0.25) is 0 Å². The lowest BCUT2D eigenvalue weighted by atomic mass is 10.2. The van der Waals surface area contributed by atoms with Crippen LogP contribution in [0.4, 0.5) is 25.8 Å². The molecule has 0 aliphatic carbocycles. The molecule has 7 nitrogen and oxygen atoms in total. The molecule has 2 aromatic rings. The highest BCUT2D eigenvalue weighted by Gasteiger charge is 2.25. The molecular formula is C20H17F2N3O4. The summed E-state index contributed by atoms with van der Waals surface area (Å²) in [5.41, 5.74) is 0.862. The molecule has 0 saturated carbocycles. The van der Waals surface area contributed by atoms with Crippen molar-refractivity contribution in [3.05, 3.63) is 65.9 Å². The fraction of sp³-hybridized carbons (Fsp3) is 0.150. The van der Waals surface area contributed by atoms with Crippen molar-refractivity contribution in [1.82, 2.24) is 0 Å². The third-order valence-electron chi connectivity index (χ3n) is 4.12. The molecule has 0 spiro atoms. The van der Waals surface area contributed by atoms with Gasteiger partial charge in [-0.05, 0) is 24.3 Å². The van der Waals surface area contributed by atoms with Gasteiger partial charge in [-0.3, -0.25) is 19.3 Å². The molecule has 1 heterocycles. The Bertz CT molecular complexity index is 1010. The van der Waals surface area contributed by atoms with Gasteiger partial charge in [0.1, 0.15) is 18.2 Å². The Hall–Kier alpha value is -3.75. The molecule has 2 N–H and O–H groups in total. The number of amides is 2. The van der Waals surface area contributed by atoms with Crippen molar-refractivity contribution in [2.75, 3.05) is 29.2 Å². The van der Waals surface area contributed by atoms with Gasteiger partial charge >= 0.3 is 5.97 Å². The van der Waals surface area contributed by atoms with E-state index in [9.17, 15) is 23.2 Å². The predicted octanol–water partition coefficient (Wildman–Crippen LogP) is 2.81. The fourth-order valence-electron chi connectivity index (χ4n) is 2.78. The van der Waals surface area contributed by atoms with Gasteiger partial charge in [-0.2, -0.15) is 0 Å². The maximum absolute atomic E-state index is 13.8. The summed E-state index contributed by atoms with van der Waals surface area (Å²) >= 11 is 0. The Morgan fingerprint density at radius 2 is 1.93 bits per heavy atom. The van der Waals surface area contributed by atoms with Crippen LogP contribution in [0, 0.1) is 11.6 Å². The minimum Gasteiger partial charge on any atom is -0.469 e. The zero-order chi connectivity index (χ0) is 21.0. The largest absolute Gasteiger partial charge is 0.469 e. The number of ether oxygens (including phenoxy) is 1. The number of fused-ring (bicyclic) bond motifs is 1. The Balaban J connectivity index is 1.85. The van der Waals surface area contributed by atoms with E-state index in [2.05, 4.69) is 15.4 Å². The molecular weight excluding hydrogens is 384 g/mol. The summed E-state index contributed by atoms with van der Waals surface area (Å²) in [6.45, 7) is -0.449. The van der Waals surface area contributed by atoms with Crippen LogP contribution in [0.25, 0.3) is 0 Å². The van der Waals surface area contributed by atoms with E-state index in [1.807, 2.05) is 0 Å². The number of rotatable bonds is 5. The average Bonchev–Trinajstić information content (AvgIpc) is 2.81. The van der Waals surface area contributed by atoms with Crippen LogP contribution in [0.1, 0.15) is 6.42 Å². The molecule has 0 radical (unpaired) electrons. The molecule has 0 unspecified atom stereocenters. The molecule has 150 valence electrons. The SMILES string of the molecule is COC(=O)CC1=CC(=O)N(CC(=O)Nc2cc(F)ccc2F)c2ccccc2N1. The van der Waals surface area contributed by atoms with E-state index in [1.165, 1.54) is 18.1 Å². The van der Waals surface area contributed by atoms with Gasteiger partial charge in [0, 0.05) is 17.8 Å². The van der Waals surface area contributed by atoms with E-state index in [0.717, 1.165) is 18.2 Å². The zero-order valence-electron chi connectivity index (χ0n) is 15.4. The van der Waals surface area contributed by atoms with Gasteiger partial charge in [0.05, 0.1) is 30.6 Å². The smallest absolute Gasteiger partial charge is 0.311 e. The molecule has 1 aliphatic rings. The number of para-hydroxylation sites is 2. The maximum atomic E-state index is 13.8. The van der Waals surface area contributed by atoms with Crippen LogP contribution >= 0.6 is 0 Å². The van der Waals surface area contributed by atoms with Crippen LogP contribution in [0.3, 0.4) is 0 Å². The molecule has 0 fully saturated rings. The number of nitrogens with one attached hydrogen (secondary N) is 2. The van der Waals surface area contributed by atoms with Gasteiger partial charge in [-0.25, -0.2) is 8.78 Å². The zero-order valence-corrected chi connectivity index (χ0v) is 15.4. The number of nitrogens with zero attached hydrogens (tertiary/aromatic N) is 1. The molecule has 2 amide bonds. The summed E-state index contributed by atoms with van der Waals surface area (Å²) in [6, 6.07) is 9.36.